The van der Waals surface area contributed by atoms with Crippen molar-refractivity contribution in [2.45, 2.75) is 44.8 Å². The van der Waals surface area contributed by atoms with Crippen LogP contribution in [0.25, 0.3) is 0 Å². The van der Waals surface area contributed by atoms with E-state index < -0.39 is 6.10 Å². The number of amides is 1. The number of methoxy groups -OCH3 is 1. The predicted octanol–water partition coefficient (Wildman–Crippen LogP) is 1.73. The van der Waals surface area contributed by atoms with E-state index in [2.05, 4.69) is 41.4 Å². The number of rotatable bonds is 8. The number of aliphatic hydroxyl groups excluding tert-OH is 1. The van der Waals surface area contributed by atoms with E-state index in [-0.39, 0.29) is 5.91 Å². The first-order valence-corrected chi connectivity index (χ1v) is 8.40. The zero-order valence-electron chi connectivity index (χ0n) is 14.1. The Kier molecular flexibility index (Phi) is 6.86. The molecule has 0 aliphatic carbocycles. The largest absolute Gasteiger partial charge is 0.391 e. The molecule has 1 aliphatic rings. The number of nitrogens with zero attached hydrogens (tertiary/aromatic N) is 1. The SMILES string of the molecule is COCC(O)CCNC(=O)CCN1c2ccccc2CCC1C. The van der Waals surface area contributed by atoms with Crippen molar-refractivity contribution in [2.24, 2.45) is 0 Å². The standard InChI is InChI=1S/C18H28N2O3/c1-14-7-8-15-5-3-4-6-17(15)20(14)12-10-18(22)19-11-9-16(21)13-23-2/h3-6,14,16,21H,7-13H2,1-2H3,(H,19,22). The first-order chi connectivity index (χ1) is 11.1. The third-order valence-electron chi connectivity index (χ3n) is 4.40. The Balaban J connectivity index is 1.78. The van der Waals surface area contributed by atoms with Gasteiger partial charge in [0, 0.05) is 38.3 Å². The van der Waals surface area contributed by atoms with Gasteiger partial charge in [-0.3, -0.25) is 4.79 Å². The second kappa shape index (κ2) is 8.89. The van der Waals surface area contributed by atoms with Crippen LogP contribution in [0.3, 0.4) is 0 Å². The van der Waals surface area contributed by atoms with Gasteiger partial charge in [0.2, 0.25) is 5.91 Å². The van der Waals surface area contributed by atoms with Gasteiger partial charge in [-0.2, -0.15) is 0 Å². The van der Waals surface area contributed by atoms with E-state index >= 15 is 0 Å². The van der Waals surface area contributed by atoms with E-state index in [4.69, 9.17) is 4.74 Å². The van der Waals surface area contributed by atoms with Crippen molar-refractivity contribution in [2.75, 3.05) is 31.7 Å². The van der Waals surface area contributed by atoms with Gasteiger partial charge in [-0.05, 0) is 37.8 Å². The fourth-order valence-electron chi connectivity index (χ4n) is 3.07. The molecule has 5 heteroatoms. The van der Waals surface area contributed by atoms with Crippen LogP contribution in [0.5, 0.6) is 0 Å². The molecular weight excluding hydrogens is 292 g/mol. The summed E-state index contributed by atoms with van der Waals surface area (Å²) < 4.78 is 4.86. The lowest BCUT2D eigenvalue weighted by Gasteiger charge is -2.37. The van der Waals surface area contributed by atoms with Crippen LogP contribution in [-0.2, 0) is 16.0 Å². The number of fused-ring (bicyclic) bond motifs is 1. The summed E-state index contributed by atoms with van der Waals surface area (Å²) in [6.07, 6.45) is 2.70. The molecule has 23 heavy (non-hydrogen) atoms. The van der Waals surface area contributed by atoms with Crippen LogP contribution in [0.15, 0.2) is 24.3 Å². The number of aryl methyl sites for hydroxylation is 1. The van der Waals surface area contributed by atoms with E-state index in [1.807, 2.05) is 0 Å². The van der Waals surface area contributed by atoms with Gasteiger partial charge >= 0.3 is 0 Å². The average Bonchev–Trinajstić information content (AvgIpc) is 2.54. The Morgan fingerprint density at radius 3 is 3.04 bits per heavy atom. The van der Waals surface area contributed by atoms with Crippen molar-refractivity contribution in [3.05, 3.63) is 29.8 Å². The molecule has 1 amide bonds. The topological polar surface area (TPSA) is 61.8 Å². The average molecular weight is 320 g/mol. The smallest absolute Gasteiger partial charge is 0.221 e. The van der Waals surface area contributed by atoms with Gasteiger partial charge in [-0.15, -0.1) is 0 Å². The maximum Gasteiger partial charge on any atom is 0.221 e. The van der Waals surface area contributed by atoms with Gasteiger partial charge in [-0.25, -0.2) is 0 Å². The van der Waals surface area contributed by atoms with E-state index in [9.17, 15) is 9.90 Å². The van der Waals surface area contributed by atoms with E-state index in [0.717, 1.165) is 19.4 Å². The van der Waals surface area contributed by atoms with Crippen LogP contribution in [0.4, 0.5) is 5.69 Å². The number of ether oxygens (including phenoxy) is 1. The zero-order chi connectivity index (χ0) is 16.7. The number of hydrogen-bond acceptors (Lipinski definition) is 4. The Bertz CT molecular complexity index is 507. The summed E-state index contributed by atoms with van der Waals surface area (Å²) in [5, 5.41) is 12.4. The molecular formula is C18H28N2O3. The Morgan fingerprint density at radius 1 is 1.48 bits per heavy atom. The highest BCUT2D eigenvalue weighted by Crippen LogP contribution is 2.30. The minimum Gasteiger partial charge on any atom is -0.391 e. The van der Waals surface area contributed by atoms with E-state index in [1.54, 1.807) is 7.11 Å². The molecule has 0 bridgehead atoms. The fraction of sp³-hybridized carbons (Fsp3) is 0.611. The highest BCUT2D eigenvalue weighted by atomic mass is 16.5. The first kappa shape index (κ1) is 17.8. The fourth-order valence-corrected chi connectivity index (χ4v) is 3.07. The summed E-state index contributed by atoms with van der Waals surface area (Å²) in [5.41, 5.74) is 2.63. The highest BCUT2D eigenvalue weighted by Gasteiger charge is 2.22. The lowest BCUT2D eigenvalue weighted by Crippen LogP contribution is -2.40. The second-order valence-corrected chi connectivity index (χ2v) is 6.21. The predicted molar refractivity (Wildman–Crippen MR) is 91.7 cm³/mol. The van der Waals surface area contributed by atoms with Crippen LogP contribution in [0, 0.1) is 0 Å². The number of carbonyl (C=O) groups excluding carboxylic acids is 1. The third kappa shape index (κ3) is 5.22. The van der Waals surface area contributed by atoms with Crippen LogP contribution >= 0.6 is 0 Å². The van der Waals surface area contributed by atoms with Gasteiger partial charge in [0.05, 0.1) is 12.7 Å². The quantitative estimate of drug-likeness (QED) is 0.766. The van der Waals surface area contributed by atoms with Gasteiger partial charge in [0.1, 0.15) is 0 Å². The molecule has 5 nitrogen and oxygen atoms in total. The molecule has 2 unspecified atom stereocenters. The van der Waals surface area contributed by atoms with Crippen LogP contribution < -0.4 is 10.2 Å². The number of aliphatic hydroxyl groups is 1. The van der Waals surface area contributed by atoms with Crippen molar-refractivity contribution in [1.82, 2.24) is 5.32 Å². The number of carbonyl (C=O) groups is 1. The Hall–Kier alpha value is -1.59. The van der Waals surface area contributed by atoms with Crippen LogP contribution in [-0.4, -0.2) is 50.0 Å². The molecule has 0 radical (unpaired) electrons. The number of para-hydroxylation sites is 1. The molecule has 0 aromatic heterocycles. The van der Waals surface area contributed by atoms with Crippen LogP contribution in [0.2, 0.25) is 0 Å². The summed E-state index contributed by atoms with van der Waals surface area (Å²) in [6, 6.07) is 8.91. The number of anilines is 1. The lowest BCUT2D eigenvalue weighted by atomic mass is 9.96. The van der Waals surface area contributed by atoms with Crippen LogP contribution in [0.1, 0.15) is 31.7 Å². The number of nitrogens with one attached hydrogen (secondary N) is 1. The Morgan fingerprint density at radius 2 is 2.26 bits per heavy atom. The molecule has 2 atom stereocenters. The van der Waals surface area contributed by atoms with E-state index in [0.29, 0.717) is 32.0 Å². The van der Waals surface area contributed by atoms with Crippen molar-refractivity contribution in [3.8, 4) is 0 Å². The monoisotopic (exact) mass is 320 g/mol. The maximum atomic E-state index is 12.0. The normalized spacial score (nSPS) is 18.4. The lowest BCUT2D eigenvalue weighted by molar-refractivity contribution is -0.121. The van der Waals surface area contributed by atoms with Crippen molar-refractivity contribution in [3.63, 3.8) is 0 Å². The molecule has 0 spiro atoms. The number of benzene rings is 1. The second-order valence-electron chi connectivity index (χ2n) is 6.21. The molecule has 0 fully saturated rings. The molecule has 128 valence electrons. The van der Waals surface area contributed by atoms with Gasteiger partial charge in [-0.1, -0.05) is 18.2 Å². The van der Waals surface area contributed by atoms with Gasteiger partial charge in [0.15, 0.2) is 0 Å². The molecule has 1 aromatic rings. The Labute approximate surface area is 138 Å². The minimum atomic E-state index is -0.519. The van der Waals surface area contributed by atoms with Gasteiger partial charge < -0.3 is 20.1 Å². The van der Waals surface area contributed by atoms with Crippen molar-refractivity contribution < 1.29 is 14.6 Å². The van der Waals surface area contributed by atoms with E-state index in [1.165, 1.54) is 11.3 Å². The molecule has 1 aliphatic heterocycles. The van der Waals surface area contributed by atoms with Crippen molar-refractivity contribution in [1.29, 1.82) is 0 Å². The summed E-state index contributed by atoms with van der Waals surface area (Å²) in [4.78, 5) is 14.3. The summed E-state index contributed by atoms with van der Waals surface area (Å²) >= 11 is 0. The number of hydrogen-bond donors (Lipinski definition) is 2. The van der Waals surface area contributed by atoms with Crippen molar-refractivity contribution >= 4 is 11.6 Å². The molecule has 2 rings (SSSR count). The molecule has 0 saturated heterocycles. The highest BCUT2D eigenvalue weighted by molar-refractivity contribution is 5.76. The molecule has 1 heterocycles. The summed E-state index contributed by atoms with van der Waals surface area (Å²) in [5.74, 6) is 0.0323. The molecule has 1 aromatic carbocycles. The third-order valence-corrected chi connectivity index (χ3v) is 4.40. The first-order valence-electron chi connectivity index (χ1n) is 8.40. The maximum absolute atomic E-state index is 12.0. The minimum absolute atomic E-state index is 0.0323. The zero-order valence-corrected chi connectivity index (χ0v) is 14.1. The van der Waals surface area contributed by atoms with Gasteiger partial charge in [0.25, 0.3) is 0 Å². The summed E-state index contributed by atoms with van der Waals surface area (Å²) in [7, 11) is 1.55. The summed E-state index contributed by atoms with van der Waals surface area (Å²) in [6.45, 7) is 3.73. The molecule has 2 N–H and O–H groups in total. The molecule has 0 saturated carbocycles.